The molecule has 0 spiro atoms. The van der Waals surface area contributed by atoms with Crippen LogP contribution < -0.4 is 0 Å². The van der Waals surface area contributed by atoms with Gasteiger partial charge in [-0.2, -0.15) is 0 Å². The Balaban J connectivity index is 3.56. The third kappa shape index (κ3) is 7.55. The van der Waals surface area contributed by atoms with Crippen LogP contribution in [0.5, 0.6) is 0 Å². The van der Waals surface area contributed by atoms with E-state index in [0.29, 0.717) is 6.42 Å². The summed E-state index contributed by atoms with van der Waals surface area (Å²) in [5.74, 6) is 0.274. The molecular formula is C13H26O2. The van der Waals surface area contributed by atoms with Crippen LogP contribution in [-0.2, 0) is 9.53 Å². The van der Waals surface area contributed by atoms with E-state index in [1.807, 2.05) is 6.92 Å². The van der Waals surface area contributed by atoms with Gasteiger partial charge in [0.2, 0.25) is 0 Å². The number of unbranched alkanes of at least 4 members (excludes halogenated alkanes) is 4. The van der Waals surface area contributed by atoms with Crippen LogP contribution in [0.3, 0.4) is 0 Å². The second-order valence-corrected chi connectivity index (χ2v) is 4.14. The van der Waals surface area contributed by atoms with Crippen LogP contribution >= 0.6 is 0 Å². The van der Waals surface area contributed by atoms with Crippen molar-refractivity contribution in [3.8, 4) is 0 Å². The van der Waals surface area contributed by atoms with E-state index in [0.717, 1.165) is 19.3 Å². The first kappa shape index (κ1) is 14.6. The number of hydrogen-bond acceptors (Lipinski definition) is 2. The quantitative estimate of drug-likeness (QED) is 0.518. The van der Waals surface area contributed by atoms with Gasteiger partial charge in [0.25, 0.3) is 0 Å². The van der Waals surface area contributed by atoms with Gasteiger partial charge in [0.05, 0.1) is 0 Å². The molecule has 0 aromatic rings. The molecule has 2 nitrogen and oxygen atoms in total. The van der Waals surface area contributed by atoms with E-state index in [-0.39, 0.29) is 11.9 Å². The van der Waals surface area contributed by atoms with Crippen molar-refractivity contribution in [3.05, 3.63) is 0 Å². The van der Waals surface area contributed by atoms with Gasteiger partial charge in [-0.1, -0.05) is 46.0 Å². The molecule has 0 aromatic heterocycles. The van der Waals surface area contributed by atoms with Gasteiger partial charge in [-0.3, -0.25) is 4.79 Å². The zero-order chi connectivity index (χ0) is 11.5. The molecule has 0 radical (unpaired) electrons. The molecule has 0 N–H and O–H groups in total. The second-order valence-electron chi connectivity index (χ2n) is 4.14. The molecule has 0 aliphatic rings. The van der Waals surface area contributed by atoms with Crippen molar-refractivity contribution in [2.24, 2.45) is 0 Å². The van der Waals surface area contributed by atoms with Gasteiger partial charge in [-0.05, 0) is 12.8 Å². The van der Waals surface area contributed by atoms with E-state index >= 15 is 0 Å². The molecule has 0 bridgehead atoms. The van der Waals surface area contributed by atoms with Crippen LogP contribution in [0.2, 0.25) is 0 Å². The maximum absolute atomic E-state index is 11.6. The SMILES string of the molecule is CCCCCCCC(OC)C(=O)CCC. The van der Waals surface area contributed by atoms with Crippen molar-refractivity contribution in [2.75, 3.05) is 7.11 Å². The molecule has 15 heavy (non-hydrogen) atoms. The van der Waals surface area contributed by atoms with Crippen LogP contribution in [0.25, 0.3) is 0 Å². The van der Waals surface area contributed by atoms with Crippen molar-refractivity contribution in [1.29, 1.82) is 0 Å². The molecule has 2 heteroatoms. The highest BCUT2D eigenvalue weighted by molar-refractivity contribution is 5.82. The van der Waals surface area contributed by atoms with Gasteiger partial charge in [0, 0.05) is 13.5 Å². The van der Waals surface area contributed by atoms with Crippen LogP contribution in [0, 0.1) is 0 Å². The fraction of sp³-hybridized carbons (Fsp3) is 0.923. The first-order valence-corrected chi connectivity index (χ1v) is 6.31. The first-order chi connectivity index (χ1) is 7.26. The number of carbonyl (C=O) groups is 1. The number of methoxy groups -OCH3 is 1. The van der Waals surface area contributed by atoms with Crippen molar-refractivity contribution in [2.45, 2.75) is 71.3 Å². The topological polar surface area (TPSA) is 26.3 Å². The molecule has 0 amide bonds. The lowest BCUT2D eigenvalue weighted by atomic mass is 10.0. The lowest BCUT2D eigenvalue weighted by Crippen LogP contribution is -2.22. The molecule has 0 aromatic carbocycles. The molecule has 0 rings (SSSR count). The molecule has 1 atom stereocenters. The molecular weight excluding hydrogens is 188 g/mol. The third-order valence-corrected chi connectivity index (χ3v) is 2.71. The Morgan fingerprint density at radius 1 is 1.07 bits per heavy atom. The van der Waals surface area contributed by atoms with Crippen molar-refractivity contribution in [1.82, 2.24) is 0 Å². The number of ether oxygens (including phenoxy) is 1. The van der Waals surface area contributed by atoms with Crippen LogP contribution in [0.15, 0.2) is 0 Å². The maximum Gasteiger partial charge on any atom is 0.161 e. The maximum atomic E-state index is 11.6. The number of carbonyl (C=O) groups excluding carboxylic acids is 1. The zero-order valence-corrected chi connectivity index (χ0v) is 10.6. The summed E-state index contributed by atoms with van der Waals surface area (Å²) in [5, 5.41) is 0. The number of ketones is 1. The highest BCUT2D eigenvalue weighted by atomic mass is 16.5. The van der Waals surface area contributed by atoms with Crippen LogP contribution in [0.1, 0.15) is 65.2 Å². The first-order valence-electron chi connectivity index (χ1n) is 6.31. The van der Waals surface area contributed by atoms with Gasteiger partial charge >= 0.3 is 0 Å². The minimum absolute atomic E-state index is 0.147. The summed E-state index contributed by atoms with van der Waals surface area (Å²) in [5.41, 5.74) is 0. The molecule has 0 saturated carbocycles. The minimum atomic E-state index is -0.147. The highest BCUT2D eigenvalue weighted by Gasteiger charge is 2.15. The average Bonchev–Trinajstić information content (AvgIpc) is 2.23. The number of hydrogen-bond donors (Lipinski definition) is 0. The van der Waals surface area contributed by atoms with E-state index < -0.39 is 0 Å². The summed E-state index contributed by atoms with van der Waals surface area (Å²) in [6.07, 6.45) is 8.55. The smallest absolute Gasteiger partial charge is 0.161 e. The molecule has 1 unspecified atom stereocenters. The van der Waals surface area contributed by atoms with Gasteiger partial charge in [0.15, 0.2) is 5.78 Å². The predicted molar refractivity (Wildman–Crippen MR) is 64.1 cm³/mol. The van der Waals surface area contributed by atoms with E-state index in [2.05, 4.69) is 6.92 Å². The Morgan fingerprint density at radius 2 is 1.73 bits per heavy atom. The highest BCUT2D eigenvalue weighted by Crippen LogP contribution is 2.11. The van der Waals surface area contributed by atoms with Crippen molar-refractivity contribution >= 4 is 5.78 Å². The van der Waals surface area contributed by atoms with E-state index in [9.17, 15) is 4.79 Å². The lowest BCUT2D eigenvalue weighted by Gasteiger charge is -2.13. The summed E-state index contributed by atoms with van der Waals surface area (Å²) < 4.78 is 5.22. The van der Waals surface area contributed by atoms with Gasteiger partial charge in [-0.25, -0.2) is 0 Å². The fourth-order valence-corrected chi connectivity index (χ4v) is 1.75. The molecule has 0 heterocycles. The normalized spacial score (nSPS) is 12.7. The standard InChI is InChI=1S/C13H26O2/c1-4-6-7-8-9-11-13(15-3)12(14)10-5-2/h13H,4-11H2,1-3H3. The fourth-order valence-electron chi connectivity index (χ4n) is 1.75. The summed E-state index contributed by atoms with van der Waals surface area (Å²) in [6, 6.07) is 0. The lowest BCUT2D eigenvalue weighted by molar-refractivity contribution is -0.129. The molecule has 0 saturated heterocycles. The van der Waals surface area contributed by atoms with Gasteiger partial charge in [-0.15, -0.1) is 0 Å². The molecule has 0 aliphatic heterocycles. The predicted octanol–water partition coefficient (Wildman–Crippen LogP) is 3.73. The Bertz CT molecular complexity index is 155. The zero-order valence-electron chi connectivity index (χ0n) is 10.6. The Morgan fingerprint density at radius 3 is 2.27 bits per heavy atom. The largest absolute Gasteiger partial charge is 0.374 e. The summed E-state index contributed by atoms with van der Waals surface area (Å²) >= 11 is 0. The summed E-state index contributed by atoms with van der Waals surface area (Å²) in [7, 11) is 1.64. The number of rotatable bonds is 10. The van der Waals surface area contributed by atoms with E-state index in [4.69, 9.17) is 4.74 Å². The minimum Gasteiger partial charge on any atom is -0.374 e. The summed E-state index contributed by atoms with van der Waals surface area (Å²) in [4.78, 5) is 11.6. The average molecular weight is 214 g/mol. The van der Waals surface area contributed by atoms with Crippen LogP contribution in [-0.4, -0.2) is 19.0 Å². The second kappa shape index (κ2) is 10.2. The van der Waals surface area contributed by atoms with Gasteiger partial charge < -0.3 is 4.74 Å². The Labute approximate surface area is 94.4 Å². The van der Waals surface area contributed by atoms with Gasteiger partial charge in [0.1, 0.15) is 6.10 Å². The third-order valence-electron chi connectivity index (χ3n) is 2.71. The molecule has 90 valence electrons. The summed E-state index contributed by atoms with van der Waals surface area (Å²) in [6.45, 7) is 4.24. The van der Waals surface area contributed by atoms with E-state index in [1.54, 1.807) is 7.11 Å². The monoisotopic (exact) mass is 214 g/mol. The van der Waals surface area contributed by atoms with Crippen molar-refractivity contribution in [3.63, 3.8) is 0 Å². The van der Waals surface area contributed by atoms with E-state index in [1.165, 1.54) is 25.7 Å². The number of Topliss-reactive ketones (excluding diaryl/α,β-unsaturated/α-hetero) is 1. The molecule has 0 fully saturated rings. The Hall–Kier alpha value is -0.370. The Kier molecular flexibility index (Phi) is 9.91. The van der Waals surface area contributed by atoms with Crippen LogP contribution in [0.4, 0.5) is 0 Å². The van der Waals surface area contributed by atoms with Crippen molar-refractivity contribution < 1.29 is 9.53 Å². The molecule has 0 aliphatic carbocycles.